The van der Waals surface area contributed by atoms with Crippen molar-refractivity contribution in [1.29, 1.82) is 0 Å². The van der Waals surface area contributed by atoms with Crippen LogP contribution >= 0.6 is 0 Å². The number of hydrogen-bond acceptors (Lipinski definition) is 5. The maximum atomic E-state index is 13.6. The Bertz CT molecular complexity index is 833. The Morgan fingerprint density at radius 3 is 2.59 bits per heavy atom. The van der Waals surface area contributed by atoms with Crippen LogP contribution in [-0.2, 0) is 19.1 Å². The van der Waals surface area contributed by atoms with E-state index in [0.717, 1.165) is 5.56 Å². The molecule has 3 rings (SSSR count). The number of carbonyl (C=O) groups excluding carboxylic acids is 3. The summed E-state index contributed by atoms with van der Waals surface area (Å²) in [4.78, 5) is 42.6. The highest BCUT2D eigenvalue weighted by Crippen LogP contribution is 2.38. The van der Waals surface area contributed by atoms with Gasteiger partial charge in [0.25, 0.3) is 5.91 Å². The lowest BCUT2D eigenvalue weighted by atomic mass is 9.95. The monoisotopic (exact) mass is 445 g/mol. The molecule has 2 saturated heterocycles. The Hall–Kier alpha value is -2.45. The fourth-order valence-electron chi connectivity index (χ4n) is 4.46. The summed E-state index contributed by atoms with van der Waals surface area (Å²) < 4.78 is 11.2. The van der Waals surface area contributed by atoms with Gasteiger partial charge in [-0.3, -0.25) is 19.3 Å². The van der Waals surface area contributed by atoms with E-state index in [1.807, 2.05) is 43.9 Å². The van der Waals surface area contributed by atoms with E-state index in [2.05, 4.69) is 5.32 Å². The normalized spacial score (nSPS) is 20.1. The van der Waals surface area contributed by atoms with Crippen LogP contribution < -0.4 is 5.32 Å². The van der Waals surface area contributed by atoms with Gasteiger partial charge in [0.15, 0.2) is 0 Å². The topological polar surface area (TPSA) is 88.2 Å². The lowest BCUT2D eigenvalue weighted by Gasteiger charge is -2.44. The molecule has 0 aliphatic carbocycles. The minimum atomic E-state index is -0.890. The van der Waals surface area contributed by atoms with Crippen molar-refractivity contribution in [2.45, 2.75) is 51.8 Å². The number of nitrogens with one attached hydrogen (secondary N) is 1. The molecule has 2 aliphatic heterocycles. The van der Waals surface area contributed by atoms with Gasteiger partial charge in [-0.25, -0.2) is 0 Å². The molecule has 3 amide bonds. The highest BCUT2D eigenvalue weighted by atomic mass is 16.5. The van der Waals surface area contributed by atoms with Crippen LogP contribution in [0.3, 0.4) is 0 Å². The summed E-state index contributed by atoms with van der Waals surface area (Å²) >= 11 is 0. The van der Waals surface area contributed by atoms with Crippen molar-refractivity contribution >= 4 is 17.7 Å². The average molecular weight is 446 g/mol. The van der Waals surface area contributed by atoms with E-state index in [1.165, 1.54) is 0 Å². The molecule has 32 heavy (non-hydrogen) atoms. The molecule has 1 atom stereocenters. The lowest BCUT2D eigenvalue weighted by Crippen LogP contribution is -2.60. The summed E-state index contributed by atoms with van der Waals surface area (Å²) in [5.74, 6) is -0.0581. The molecule has 1 N–H and O–H groups in total. The Kier molecular flexibility index (Phi) is 7.90. The van der Waals surface area contributed by atoms with E-state index in [9.17, 15) is 14.4 Å². The number of nitrogens with zero attached hydrogens (tertiary/aromatic N) is 2. The predicted molar refractivity (Wildman–Crippen MR) is 120 cm³/mol. The third-order valence-electron chi connectivity index (χ3n) is 6.13. The van der Waals surface area contributed by atoms with Crippen molar-refractivity contribution < 1.29 is 23.9 Å². The van der Waals surface area contributed by atoms with Crippen molar-refractivity contribution in [1.82, 2.24) is 15.1 Å². The standard InChI is InChI=1S/C24H35N3O5/c1-17(2)14-21(28)26-11-8-24(9-12-26)27(23(30)19-7-5-6-18(3)15-19)20(16-32-24)22(29)25-10-13-31-4/h5-7,15,17,20H,8-14,16H2,1-4H3,(H,25,29)/t20-/m0/s1. The molecule has 2 fully saturated rings. The summed E-state index contributed by atoms with van der Waals surface area (Å²) in [6.07, 6.45) is 1.47. The van der Waals surface area contributed by atoms with Crippen LogP contribution in [0.2, 0.25) is 0 Å². The van der Waals surface area contributed by atoms with Crippen LogP contribution in [-0.4, -0.2) is 79.2 Å². The molecule has 176 valence electrons. The number of methoxy groups -OCH3 is 1. The molecular weight excluding hydrogens is 410 g/mol. The van der Waals surface area contributed by atoms with Gasteiger partial charge < -0.3 is 19.7 Å². The van der Waals surface area contributed by atoms with E-state index >= 15 is 0 Å². The van der Waals surface area contributed by atoms with Crippen molar-refractivity contribution in [3.8, 4) is 0 Å². The van der Waals surface area contributed by atoms with E-state index in [-0.39, 0.29) is 24.3 Å². The fourth-order valence-corrected chi connectivity index (χ4v) is 4.46. The van der Waals surface area contributed by atoms with Crippen LogP contribution in [0.4, 0.5) is 0 Å². The largest absolute Gasteiger partial charge is 0.383 e. The molecule has 1 spiro atoms. The Morgan fingerprint density at radius 2 is 1.97 bits per heavy atom. The molecule has 0 radical (unpaired) electrons. The molecule has 2 aliphatic rings. The van der Waals surface area contributed by atoms with Crippen molar-refractivity contribution in [3.05, 3.63) is 35.4 Å². The Labute approximate surface area is 190 Å². The van der Waals surface area contributed by atoms with Gasteiger partial charge in [-0.05, 0) is 25.0 Å². The van der Waals surface area contributed by atoms with Gasteiger partial charge in [-0.2, -0.15) is 0 Å². The van der Waals surface area contributed by atoms with Gasteiger partial charge in [0.05, 0.1) is 13.2 Å². The Morgan fingerprint density at radius 1 is 1.25 bits per heavy atom. The highest BCUT2D eigenvalue weighted by Gasteiger charge is 2.54. The van der Waals surface area contributed by atoms with E-state index in [4.69, 9.17) is 9.47 Å². The number of hydrogen-bond donors (Lipinski definition) is 1. The van der Waals surface area contributed by atoms with Gasteiger partial charge in [-0.15, -0.1) is 0 Å². The highest BCUT2D eigenvalue weighted by molar-refractivity contribution is 5.98. The summed E-state index contributed by atoms with van der Waals surface area (Å²) in [5.41, 5.74) is 0.613. The molecule has 8 nitrogen and oxygen atoms in total. The lowest BCUT2D eigenvalue weighted by molar-refractivity contribution is -0.144. The van der Waals surface area contributed by atoms with Gasteiger partial charge in [-0.1, -0.05) is 31.5 Å². The molecule has 2 heterocycles. The first-order valence-electron chi connectivity index (χ1n) is 11.4. The predicted octanol–water partition coefficient (Wildman–Crippen LogP) is 1.96. The summed E-state index contributed by atoms with van der Waals surface area (Å²) in [5, 5.41) is 2.84. The molecule has 0 bridgehead atoms. The average Bonchev–Trinajstić information content (AvgIpc) is 3.12. The van der Waals surface area contributed by atoms with Gasteiger partial charge in [0.1, 0.15) is 11.8 Å². The third-order valence-corrected chi connectivity index (χ3v) is 6.13. The molecule has 8 heteroatoms. The van der Waals surface area contributed by atoms with Crippen molar-refractivity contribution in [2.24, 2.45) is 5.92 Å². The zero-order valence-electron chi connectivity index (χ0n) is 19.6. The zero-order valence-corrected chi connectivity index (χ0v) is 19.6. The smallest absolute Gasteiger partial charge is 0.256 e. The maximum Gasteiger partial charge on any atom is 0.256 e. The van der Waals surface area contributed by atoms with Crippen molar-refractivity contribution in [3.63, 3.8) is 0 Å². The second kappa shape index (κ2) is 10.4. The SMILES string of the molecule is COCCNC(=O)[C@@H]1COC2(CCN(C(=O)CC(C)C)CC2)N1C(=O)c1cccc(C)c1. The van der Waals surface area contributed by atoms with Gasteiger partial charge in [0.2, 0.25) is 11.8 Å². The molecule has 1 aromatic rings. The first-order chi connectivity index (χ1) is 15.3. The minimum absolute atomic E-state index is 0.123. The van der Waals surface area contributed by atoms with Crippen LogP contribution in [0, 0.1) is 12.8 Å². The second-order valence-corrected chi connectivity index (χ2v) is 9.08. The maximum absolute atomic E-state index is 13.6. The van der Waals surface area contributed by atoms with Crippen molar-refractivity contribution in [2.75, 3.05) is 40.0 Å². The fraction of sp³-hybridized carbons (Fsp3) is 0.625. The van der Waals surface area contributed by atoms with E-state index in [0.29, 0.717) is 57.0 Å². The molecule has 0 unspecified atom stereocenters. The Balaban J connectivity index is 1.82. The number of benzene rings is 1. The minimum Gasteiger partial charge on any atom is -0.383 e. The molecule has 0 saturated carbocycles. The number of likely N-dealkylation sites (tertiary alicyclic amines) is 1. The van der Waals surface area contributed by atoms with Gasteiger partial charge >= 0.3 is 0 Å². The second-order valence-electron chi connectivity index (χ2n) is 9.08. The summed E-state index contributed by atoms with van der Waals surface area (Å²) in [6.45, 7) is 7.88. The van der Waals surface area contributed by atoms with Crippen LogP contribution in [0.5, 0.6) is 0 Å². The van der Waals surface area contributed by atoms with E-state index in [1.54, 1.807) is 18.1 Å². The van der Waals surface area contributed by atoms with Gasteiger partial charge in [0, 0.05) is 51.6 Å². The van der Waals surface area contributed by atoms with Crippen LogP contribution in [0.25, 0.3) is 0 Å². The first kappa shape index (κ1) is 24.2. The zero-order chi connectivity index (χ0) is 23.3. The number of piperidine rings is 1. The summed E-state index contributed by atoms with van der Waals surface area (Å²) in [6, 6.07) is 6.64. The molecular formula is C24H35N3O5. The quantitative estimate of drug-likeness (QED) is 0.649. The molecule has 1 aromatic carbocycles. The number of ether oxygens (including phenoxy) is 2. The number of amides is 3. The number of rotatable bonds is 7. The third kappa shape index (κ3) is 5.30. The molecule has 0 aromatic heterocycles. The first-order valence-corrected chi connectivity index (χ1v) is 11.4. The summed E-state index contributed by atoms with van der Waals surface area (Å²) in [7, 11) is 1.57. The van der Waals surface area contributed by atoms with E-state index < -0.39 is 11.8 Å². The van der Waals surface area contributed by atoms with Crippen LogP contribution in [0.1, 0.15) is 49.0 Å². The number of carbonyl (C=O) groups is 3. The van der Waals surface area contributed by atoms with Crippen LogP contribution in [0.15, 0.2) is 24.3 Å². The number of aryl methyl sites for hydroxylation is 1.